The summed E-state index contributed by atoms with van der Waals surface area (Å²) in [5.41, 5.74) is 1.11. The van der Waals surface area contributed by atoms with Gasteiger partial charge in [0.15, 0.2) is 15.9 Å². The van der Waals surface area contributed by atoms with Crippen molar-refractivity contribution >= 4 is 21.7 Å². The average molecular weight is 369 g/mol. The molecule has 0 radical (unpaired) electrons. The van der Waals surface area contributed by atoms with E-state index in [0.29, 0.717) is 12.2 Å². The van der Waals surface area contributed by atoms with Gasteiger partial charge in [0.1, 0.15) is 5.75 Å². The minimum absolute atomic E-state index is 0.0172. The van der Waals surface area contributed by atoms with Crippen LogP contribution in [0.3, 0.4) is 0 Å². The Hall–Kier alpha value is -2.09. The molecule has 138 valence electrons. The maximum Gasteiger partial charge on any atom is 0.310 e. The molecule has 0 aliphatic carbocycles. The summed E-state index contributed by atoms with van der Waals surface area (Å²) in [6.07, 6.45) is -0.571. The fraction of sp³-hybridized carbons (Fsp3) is 0.529. The molecular weight excluding hydrogens is 346 g/mol. The van der Waals surface area contributed by atoms with E-state index in [1.54, 1.807) is 0 Å². The number of sulfone groups is 1. The standard InChI is InChI=1S/C17H23NO6S/c1-12-3-5-15(6-4-12)23-9-7-16(19)24-13(2)17(20)18-14-8-10-25(21,22)11-14/h3-6,13-14H,7-11H2,1-2H3,(H,18,20)/t13-,14+/m0/s1. The summed E-state index contributed by atoms with van der Waals surface area (Å²) >= 11 is 0. The predicted octanol–water partition coefficient (Wildman–Crippen LogP) is 0.999. The van der Waals surface area contributed by atoms with Crippen molar-refractivity contribution in [3.05, 3.63) is 29.8 Å². The zero-order chi connectivity index (χ0) is 18.4. The first-order valence-electron chi connectivity index (χ1n) is 8.15. The average Bonchev–Trinajstić information content (AvgIpc) is 2.88. The molecule has 1 saturated heterocycles. The molecule has 2 rings (SSSR count). The molecule has 1 aromatic carbocycles. The largest absolute Gasteiger partial charge is 0.493 e. The predicted molar refractivity (Wildman–Crippen MR) is 92.0 cm³/mol. The molecule has 0 bridgehead atoms. The van der Waals surface area contributed by atoms with Gasteiger partial charge in [0.05, 0.1) is 24.5 Å². The van der Waals surface area contributed by atoms with Crippen LogP contribution in [0, 0.1) is 6.92 Å². The van der Waals surface area contributed by atoms with Crippen molar-refractivity contribution in [2.75, 3.05) is 18.1 Å². The van der Waals surface area contributed by atoms with Gasteiger partial charge in [-0.2, -0.15) is 0 Å². The van der Waals surface area contributed by atoms with Gasteiger partial charge < -0.3 is 14.8 Å². The van der Waals surface area contributed by atoms with Gasteiger partial charge in [-0.25, -0.2) is 8.42 Å². The molecule has 0 aromatic heterocycles. The summed E-state index contributed by atoms with van der Waals surface area (Å²) < 4.78 is 33.2. The second kappa shape index (κ2) is 8.33. The zero-order valence-electron chi connectivity index (χ0n) is 14.4. The molecular formula is C17H23NO6S. The summed E-state index contributed by atoms with van der Waals surface area (Å²) in [6.45, 7) is 3.57. The number of hydrogen-bond donors (Lipinski definition) is 1. The smallest absolute Gasteiger partial charge is 0.310 e. The number of esters is 1. The van der Waals surface area contributed by atoms with Crippen molar-refractivity contribution in [1.82, 2.24) is 5.32 Å². The van der Waals surface area contributed by atoms with Crippen molar-refractivity contribution in [3.63, 3.8) is 0 Å². The Morgan fingerprint density at radius 3 is 2.56 bits per heavy atom. The number of nitrogens with one attached hydrogen (secondary N) is 1. The van der Waals surface area contributed by atoms with Gasteiger partial charge in [0.25, 0.3) is 5.91 Å². The van der Waals surface area contributed by atoms with E-state index < -0.39 is 33.9 Å². The number of carbonyl (C=O) groups is 2. The van der Waals surface area contributed by atoms with Gasteiger partial charge >= 0.3 is 5.97 Å². The van der Waals surface area contributed by atoms with E-state index in [-0.39, 0.29) is 24.5 Å². The molecule has 2 atom stereocenters. The Kier molecular flexibility index (Phi) is 6.41. The van der Waals surface area contributed by atoms with Crippen LogP contribution >= 0.6 is 0 Å². The van der Waals surface area contributed by atoms with Crippen LogP contribution in [0.2, 0.25) is 0 Å². The third kappa shape index (κ3) is 6.38. The molecule has 0 saturated carbocycles. The lowest BCUT2D eigenvalue weighted by Gasteiger charge is -2.16. The molecule has 1 amide bonds. The Morgan fingerprint density at radius 2 is 1.96 bits per heavy atom. The number of hydrogen-bond acceptors (Lipinski definition) is 6. The normalized spacial score (nSPS) is 19.8. The van der Waals surface area contributed by atoms with E-state index in [4.69, 9.17) is 9.47 Å². The van der Waals surface area contributed by atoms with Crippen molar-refractivity contribution in [2.45, 2.75) is 38.8 Å². The number of carbonyl (C=O) groups excluding carboxylic acids is 2. The SMILES string of the molecule is Cc1ccc(OCCC(=O)O[C@@H](C)C(=O)N[C@@H]2CCS(=O)(=O)C2)cc1. The number of aryl methyl sites for hydroxylation is 1. The maximum absolute atomic E-state index is 12.0. The highest BCUT2D eigenvalue weighted by atomic mass is 32.2. The third-order valence-corrected chi connectivity index (χ3v) is 5.62. The molecule has 1 N–H and O–H groups in total. The number of amides is 1. The second-order valence-electron chi connectivity index (χ2n) is 6.15. The van der Waals surface area contributed by atoms with E-state index in [9.17, 15) is 18.0 Å². The minimum atomic E-state index is -3.07. The van der Waals surface area contributed by atoms with Crippen LogP contribution < -0.4 is 10.1 Å². The third-order valence-electron chi connectivity index (χ3n) is 3.85. The van der Waals surface area contributed by atoms with Gasteiger partial charge in [0, 0.05) is 6.04 Å². The molecule has 1 aliphatic heterocycles. The number of rotatable bonds is 7. The molecule has 25 heavy (non-hydrogen) atoms. The van der Waals surface area contributed by atoms with Gasteiger partial charge in [-0.05, 0) is 32.4 Å². The van der Waals surface area contributed by atoms with Crippen LogP contribution in [0.5, 0.6) is 5.75 Å². The maximum atomic E-state index is 12.0. The van der Waals surface area contributed by atoms with E-state index in [1.807, 2.05) is 31.2 Å². The van der Waals surface area contributed by atoms with Crippen LogP contribution in [0.1, 0.15) is 25.3 Å². The van der Waals surface area contributed by atoms with Gasteiger partial charge in [-0.1, -0.05) is 17.7 Å². The van der Waals surface area contributed by atoms with Crippen molar-refractivity contribution in [3.8, 4) is 5.75 Å². The van der Waals surface area contributed by atoms with E-state index in [2.05, 4.69) is 5.32 Å². The number of benzene rings is 1. The van der Waals surface area contributed by atoms with Gasteiger partial charge in [-0.3, -0.25) is 9.59 Å². The first-order chi connectivity index (χ1) is 11.7. The summed E-state index contributed by atoms with van der Waals surface area (Å²) in [7, 11) is -3.07. The molecule has 8 heteroatoms. The molecule has 7 nitrogen and oxygen atoms in total. The summed E-state index contributed by atoms with van der Waals surface area (Å²) in [4.78, 5) is 23.7. The lowest BCUT2D eigenvalue weighted by Crippen LogP contribution is -2.42. The first-order valence-corrected chi connectivity index (χ1v) is 9.97. The molecule has 1 heterocycles. The molecule has 0 spiro atoms. The van der Waals surface area contributed by atoms with Crippen LogP contribution in [-0.4, -0.2) is 50.6 Å². The Morgan fingerprint density at radius 1 is 1.28 bits per heavy atom. The minimum Gasteiger partial charge on any atom is -0.493 e. The van der Waals surface area contributed by atoms with Crippen LogP contribution in [0.25, 0.3) is 0 Å². The second-order valence-corrected chi connectivity index (χ2v) is 8.38. The van der Waals surface area contributed by atoms with Crippen LogP contribution in [0.15, 0.2) is 24.3 Å². The van der Waals surface area contributed by atoms with Crippen molar-refractivity contribution in [2.24, 2.45) is 0 Å². The zero-order valence-corrected chi connectivity index (χ0v) is 15.2. The molecule has 0 unspecified atom stereocenters. The van der Waals surface area contributed by atoms with E-state index >= 15 is 0 Å². The van der Waals surface area contributed by atoms with Gasteiger partial charge in [0.2, 0.25) is 0 Å². The first kappa shape index (κ1) is 19.2. The highest BCUT2D eigenvalue weighted by Gasteiger charge is 2.30. The highest BCUT2D eigenvalue weighted by molar-refractivity contribution is 7.91. The van der Waals surface area contributed by atoms with E-state index in [1.165, 1.54) is 6.92 Å². The van der Waals surface area contributed by atoms with Crippen LogP contribution in [0.4, 0.5) is 0 Å². The summed E-state index contributed by atoms with van der Waals surface area (Å²) in [6, 6.07) is 7.02. The fourth-order valence-electron chi connectivity index (χ4n) is 2.42. The lowest BCUT2D eigenvalue weighted by atomic mass is 10.2. The summed E-state index contributed by atoms with van der Waals surface area (Å²) in [5.74, 6) is -0.373. The quantitative estimate of drug-likeness (QED) is 0.720. The highest BCUT2D eigenvalue weighted by Crippen LogP contribution is 2.13. The van der Waals surface area contributed by atoms with Gasteiger partial charge in [-0.15, -0.1) is 0 Å². The fourth-order valence-corrected chi connectivity index (χ4v) is 4.10. The monoisotopic (exact) mass is 369 g/mol. The Labute approximate surface area is 147 Å². The summed E-state index contributed by atoms with van der Waals surface area (Å²) in [5, 5.41) is 2.60. The van der Waals surface area contributed by atoms with Crippen molar-refractivity contribution in [1.29, 1.82) is 0 Å². The Balaban J connectivity index is 1.68. The van der Waals surface area contributed by atoms with Crippen molar-refractivity contribution < 1.29 is 27.5 Å². The lowest BCUT2D eigenvalue weighted by molar-refractivity contribution is -0.155. The molecule has 1 aromatic rings. The molecule has 1 fully saturated rings. The molecule has 1 aliphatic rings. The topological polar surface area (TPSA) is 98.8 Å². The number of ether oxygens (including phenoxy) is 2. The van der Waals surface area contributed by atoms with Crippen LogP contribution in [-0.2, 0) is 24.2 Å². The Bertz CT molecular complexity index is 713. The van der Waals surface area contributed by atoms with E-state index in [0.717, 1.165) is 5.56 Å².